The van der Waals surface area contributed by atoms with E-state index in [9.17, 15) is 14.4 Å². The molecule has 0 aliphatic carbocycles. The monoisotopic (exact) mass is 623 g/mol. The van der Waals surface area contributed by atoms with E-state index in [1.54, 1.807) is 32.5 Å². The van der Waals surface area contributed by atoms with Crippen LogP contribution in [0, 0.1) is 0 Å². The second-order valence-electron chi connectivity index (χ2n) is 11.8. The summed E-state index contributed by atoms with van der Waals surface area (Å²) in [6, 6.07) is 38.0. The van der Waals surface area contributed by atoms with Crippen molar-refractivity contribution in [1.29, 1.82) is 0 Å². The molecular weight excluding hydrogens is 582 g/mol. The average molecular weight is 624 g/mol. The minimum Gasteiger partial charge on any atom is -0.459 e. The van der Waals surface area contributed by atoms with Gasteiger partial charge in [-0.2, -0.15) is 0 Å². The van der Waals surface area contributed by atoms with Gasteiger partial charge in [0, 0.05) is 12.2 Å². The molecule has 2 atom stereocenters. The van der Waals surface area contributed by atoms with Crippen molar-refractivity contribution in [3.8, 4) is 0 Å². The van der Waals surface area contributed by atoms with Crippen molar-refractivity contribution >= 4 is 29.5 Å². The van der Waals surface area contributed by atoms with Crippen LogP contribution in [0.1, 0.15) is 43.0 Å². The van der Waals surface area contributed by atoms with Gasteiger partial charge in [0.1, 0.15) is 18.2 Å². The number of amides is 2. The Morgan fingerprint density at radius 3 is 1.60 bits per heavy atom. The summed E-state index contributed by atoms with van der Waals surface area (Å²) in [6.45, 7) is 4.96. The first-order valence-electron chi connectivity index (χ1n) is 15.0. The van der Waals surface area contributed by atoms with Gasteiger partial charge in [-0.05, 0) is 43.0 Å². The van der Waals surface area contributed by atoms with E-state index in [1.807, 2.05) is 84.9 Å². The molecule has 8 heteroatoms. The van der Waals surface area contributed by atoms with Crippen LogP contribution in [0.2, 0.25) is 0 Å². The summed E-state index contributed by atoms with van der Waals surface area (Å²) in [6.07, 6.45) is 0.231. The molecule has 0 bridgehead atoms. The van der Waals surface area contributed by atoms with Gasteiger partial charge in [0.25, 0.3) is 0 Å². The quantitative estimate of drug-likeness (QED) is 0.139. The Kier molecular flexibility index (Phi) is 11.6. The number of ether oxygens (including phenoxy) is 1. The van der Waals surface area contributed by atoms with E-state index in [0.717, 1.165) is 22.3 Å². The van der Waals surface area contributed by atoms with Gasteiger partial charge in [-0.15, -0.1) is 11.8 Å². The van der Waals surface area contributed by atoms with Crippen LogP contribution >= 0.6 is 11.8 Å². The average Bonchev–Trinajstić information content (AvgIpc) is 3.04. The zero-order chi connectivity index (χ0) is 32.3. The van der Waals surface area contributed by atoms with Crippen molar-refractivity contribution in [2.45, 2.75) is 49.6 Å². The Bertz CT molecular complexity index is 1430. The topological polar surface area (TPSA) is 111 Å². The lowest BCUT2D eigenvalue weighted by atomic mass is 9.84. The van der Waals surface area contributed by atoms with E-state index in [2.05, 4.69) is 47.0 Å². The fourth-order valence-electron chi connectivity index (χ4n) is 5.06. The number of carbonyl (C=O) groups is 3. The Hall–Kier alpha value is -4.40. The number of esters is 1. The van der Waals surface area contributed by atoms with Crippen LogP contribution in [0.4, 0.5) is 0 Å². The molecule has 234 valence electrons. The van der Waals surface area contributed by atoms with Gasteiger partial charge >= 0.3 is 5.97 Å². The first kappa shape index (κ1) is 33.5. The van der Waals surface area contributed by atoms with Crippen molar-refractivity contribution in [2.24, 2.45) is 5.73 Å². The number of rotatable bonds is 13. The molecule has 7 nitrogen and oxygen atoms in total. The van der Waals surface area contributed by atoms with Gasteiger partial charge in [-0.1, -0.05) is 121 Å². The Morgan fingerprint density at radius 2 is 1.16 bits per heavy atom. The lowest BCUT2D eigenvalue weighted by Gasteiger charge is -2.36. The zero-order valence-electron chi connectivity index (χ0n) is 25.9. The van der Waals surface area contributed by atoms with Crippen LogP contribution < -0.4 is 16.4 Å². The van der Waals surface area contributed by atoms with Gasteiger partial charge in [-0.3, -0.25) is 14.4 Å². The van der Waals surface area contributed by atoms with E-state index >= 15 is 0 Å². The lowest BCUT2D eigenvalue weighted by molar-refractivity contribution is -0.154. The Labute approximate surface area is 270 Å². The maximum absolute atomic E-state index is 13.6. The SMILES string of the molecule is CC(C)(C)OC(=O)CNC(=O)[C@H](Cc1ccccc1)NC(=O)[C@@H](N)CSC(c1ccccc1)(c1ccccc1)c1ccccc1. The van der Waals surface area contributed by atoms with E-state index < -0.39 is 40.2 Å². The minimum absolute atomic E-state index is 0.231. The number of thioether (sulfide) groups is 1. The van der Waals surface area contributed by atoms with Gasteiger partial charge < -0.3 is 21.1 Å². The maximum atomic E-state index is 13.6. The molecule has 0 radical (unpaired) electrons. The number of hydrogen-bond donors (Lipinski definition) is 3. The van der Waals surface area contributed by atoms with Crippen LogP contribution in [0.3, 0.4) is 0 Å². The highest BCUT2D eigenvalue weighted by Gasteiger charge is 2.38. The van der Waals surface area contributed by atoms with E-state index in [1.165, 1.54) is 0 Å². The maximum Gasteiger partial charge on any atom is 0.325 e. The number of carbonyl (C=O) groups excluding carboxylic acids is 3. The molecule has 4 aromatic carbocycles. The van der Waals surface area contributed by atoms with Crippen molar-refractivity contribution in [2.75, 3.05) is 12.3 Å². The summed E-state index contributed by atoms with van der Waals surface area (Å²) < 4.78 is 4.67. The van der Waals surface area contributed by atoms with Crippen LogP contribution in [-0.2, 0) is 30.3 Å². The summed E-state index contributed by atoms with van der Waals surface area (Å²) in [7, 11) is 0. The van der Waals surface area contributed by atoms with Crippen LogP contribution in [0.5, 0.6) is 0 Å². The molecule has 0 spiro atoms. The molecule has 4 rings (SSSR count). The molecule has 2 amide bonds. The summed E-state index contributed by atoms with van der Waals surface area (Å²) in [4.78, 5) is 39.1. The van der Waals surface area contributed by atoms with Crippen LogP contribution in [0.15, 0.2) is 121 Å². The highest BCUT2D eigenvalue weighted by molar-refractivity contribution is 8.00. The molecule has 4 aromatic rings. The molecule has 0 aliphatic heterocycles. The van der Waals surface area contributed by atoms with Gasteiger partial charge in [0.15, 0.2) is 0 Å². The summed E-state index contributed by atoms with van der Waals surface area (Å²) in [5.74, 6) is -1.25. The summed E-state index contributed by atoms with van der Waals surface area (Å²) in [5.41, 5.74) is 9.90. The second kappa shape index (κ2) is 15.5. The molecular formula is C37H41N3O4S. The highest BCUT2D eigenvalue weighted by Crippen LogP contribution is 2.48. The lowest BCUT2D eigenvalue weighted by Crippen LogP contribution is -2.54. The van der Waals surface area contributed by atoms with Gasteiger partial charge in [0.05, 0.1) is 10.8 Å². The normalized spacial score (nSPS) is 12.9. The van der Waals surface area contributed by atoms with Crippen molar-refractivity contribution in [1.82, 2.24) is 10.6 Å². The second-order valence-corrected chi connectivity index (χ2v) is 13.0. The number of nitrogens with one attached hydrogen (secondary N) is 2. The summed E-state index contributed by atoms with van der Waals surface area (Å²) >= 11 is 1.58. The van der Waals surface area contributed by atoms with E-state index in [0.29, 0.717) is 0 Å². The first-order valence-corrected chi connectivity index (χ1v) is 16.0. The van der Waals surface area contributed by atoms with Crippen molar-refractivity contribution in [3.63, 3.8) is 0 Å². The molecule has 0 unspecified atom stereocenters. The van der Waals surface area contributed by atoms with E-state index in [-0.39, 0.29) is 18.7 Å². The molecule has 0 aromatic heterocycles. The molecule has 45 heavy (non-hydrogen) atoms. The third-order valence-electron chi connectivity index (χ3n) is 7.10. The molecule has 0 aliphatic rings. The predicted octanol–water partition coefficient (Wildman–Crippen LogP) is 5.22. The van der Waals surface area contributed by atoms with Gasteiger partial charge in [-0.25, -0.2) is 0 Å². The van der Waals surface area contributed by atoms with Gasteiger partial charge in [0.2, 0.25) is 11.8 Å². The smallest absolute Gasteiger partial charge is 0.325 e. The predicted molar refractivity (Wildman–Crippen MR) is 181 cm³/mol. The third kappa shape index (κ3) is 9.30. The highest BCUT2D eigenvalue weighted by atomic mass is 32.2. The Balaban J connectivity index is 1.55. The third-order valence-corrected chi connectivity index (χ3v) is 8.77. The largest absolute Gasteiger partial charge is 0.459 e. The molecule has 0 heterocycles. The van der Waals surface area contributed by atoms with E-state index in [4.69, 9.17) is 10.5 Å². The fourth-order valence-corrected chi connectivity index (χ4v) is 6.55. The number of benzene rings is 4. The number of hydrogen-bond acceptors (Lipinski definition) is 6. The van der Waals surface area contributed by atoms with Crippen LogP contribution in [0.25, 0.3) is 0 Å². The standard InChI is InChI=1S/C37H41N3O4S/c1-36(2,3)44-33(41)25-39-35(43)32(24-27-16-8-4-9-17-27)40-34(42)31(38)26-45-37(28-18-10-5-11-19-28,29-20-12-6-13-21-29)30-22-14-7-15-23-30/h4-23,31-32H,24-26,38H2,1-3H3,(H,39,43)(H,40,42)/t31-,32-/m0/s1. The molecule has 4 N–H and O–H groups in total. The molecule has 0 fully saturated rings. The fraction of sp³-hybridized carbons (Fsp3) is 0.270. The van der Waals surface area contributed by atoms with Crippen molar-refractivity contribution in [3.05, 3.63) is 144 Å². The van der Waals surface area contributed by atoms with Crippen molar-refractivity contribution < 1.29 is 19.1 Å². The number of nitrogens with two attached hydrogens (primary N) is 1. The molecule has 0 saturated heterocycles. The summed E-state index contributed by atoms with van der Waals surface area (Å²) in [5, 5.41) is 5.47. The Morgan fingerprint density at radius 1 is 0.711 bits per heavy atom. The zero-order valence-corrected chi connectivity index (χ0v) is 26.8. The van der Waals surface area contributed by atoms with Crippen LogP contribution in [-0.4, -0.2) is 47.8 Å². The minimum atomic E-state index is -0.944. The molecule has 0 saturated carbocycles. The first-order chi connectivity index (χ1) is 21.6.